The van der Waals surface area contributed by atoms with E-state index < -0.39 is 4.92 Å². The number of pyridine rings is 1. The summed E-state index contributed by atoms with van der Waals surface area (Å²) in [5, 5.41) is 11.4. The number of aromatic nitrogens is 1. The average molecular weight is 267 g/mol. The van der Waals surface area contributed by atoms with Gasteiger partial charge in [-0.15, -0.1) is 0 Å². The fourth-order valence-electron chi connectivity index (χ4n) is 1.45. The molecule has 2 rings (SSSR count). The first-order chi connectivity index (χ1) is 7.09. The first-order valence-corrected chi connectivity index (χ1v) is 5.09. The predicted molar refractivity (Wildman–Crippen MR) is 60.8 cm³/mol. The van der Waals surface area contributed by atoms with Gasteiger partial charge >= 0.3 is 0 Å². The number of rotatable bonds is 1. The molecule has 0 unspecified atom stereocenters. The Kier molecular flexibility index (Phi) is 2.40. The Morgan fingerprint density at radius 3 is 2.73 bits per heavy atom. The first kappa shape index (κ1) is 10.0. The van der Waals surface area contributed by atoms with Crippen LogP contribution in [0.15, 0.2) is 28.7 Å². The maximum atomic E-state index is 10.9. The van der Waals surface area contributed by atoms with E-state index in [0.717, 1.165) is 5.69 Å². The van der Waals surface area contributed by atoms with Gasteiger partial charge in [-0.1, -0.05) is 0 Å². The van der Waals surface area contributed by atoms with Gasteiger partial charge in [0.05, 0.1) is 20.3 Å². The van der Waals surface area contributed by atoms with Crippen molar-refractivity contribution < 1.29 is 4.92 Å². The number of nitrogens with zero attached hydrogens (tertiary/aromatic N) is 2. The number of nitro groups is 1. The molecular weight excluding hydrogens is 260 g/mol. The highest BCUT2D eigenvalue weighted by Gasteiger charge is 2.16. The highest BCUT2D eigenvalue weighted by Crippen LogP contribution is 2.32. The van der Waals surface area contributed by atoms with Crippen molar-refractivity contribution in [1.29, 1.82) is 0 Å². The van der Waals surface area contributed by atoms with Gasteiger partial charge in [-0.25, -0.2) is 0 Å². The topological polar surface area (TPSA) is 56.0 Å². The Balaban J connectivity index is 2.88. The van der Waals surface area contributed by atoms with E-state index in [-0.39, 0.29) is 5.69 Å². The standard InChI is InChI=1S/C10H7BrN2O2/c1-6-2-3-7-9(12-6)5-4-8(11)10(7)13(14)15/h2-5H,1H3. The molecule has 5 heteroatoms. The van der Waals surface area contributed by atoms with Crippen molar-refractivity contribution in [2.45, 2.75) is 6.92 Å². The number of hydrogen-bond acceptors (Lipinski definition) is 3. The van der Waals surface area contributed by atoms with Crippen LogP contribution < -0.4 is 0 Å². The van der Waals surface area contributed by atoms with Gasteiger partial charge in [-0.3, -0.25) is 15.1 Å². The molecule has 0 aliphatic heterocycles. The van der Waals surface area contributed by atoms with Crippen LogP contribution in [-0.4, -0.2) is 9.91 Å². The minimum Gasteiger partial charge on any atom is -0.258 e. The molecular formula is C10H7BrN2O2. The SMILES string of the molecule is Cc1ccc2c([N+](=O)[O-])c(Br)ccc2n1. The van der Waals surface area contributed by atoms with Gasteiger partial charge in [0, 0.05) is 5.69 Å². The molecule has 0 aliphatic carbocycles. The summed E-state index contributed by atoms with van der Waals surface area (Å²) in [7, 11) is 0. The molecule has 0 amide bonds. The van der Waals surface area contributed by atoms with Gasteiger partial charge in [-0.2, -0.15) is 0 Å². The molecule has 0 bridgehead atoms. The summed E-state index contributed by atoms with van der Waals surface area (Å²) < 4.78 is 0.477. The fraction of sp³-hybridized carbons (Fsp3) is 0.100. The van der Waals surface area contributed by atoms with Crippen LogP contribution >= 0.6 is 15.9 Å². The largest absolute Gasteiger partial charge is 0.292 e. The minimum atomic E-state index is -0.399. The highest BCUT2D eigenvalue weighted by atomic mass is 79.9. The van der Waals surface area contributed by atoms with Gasteiger partial charge in [0.25, 0.3) is 5.69 Å². The molecule has 0 atom stereocenters. The van der Waals surface area contributed by atoms with Crippen molar-refractivity contribution in [1.82, 2.24) is 4.98 Å². The molecule has 1 aromatic heterocycles. The number of aryl methyl sites for hydroxylation is 1. The molecule has 2 aromatic rings. The molecule has 0 aliphatic rings. The molecule has 0 N–H and O–H groups in total. The molecule has 76 valence electrons. The summed E-state index contributed by atoms with van der Waals surface area (Å²) >= 11 is 3.17. The lowest BCUT2D eigenvalue weighted by atomic mass is 10.1. The van der Waals surface area contributed by atoms with Gasteiger partial charge in [0.2, 0.25) is 0 Å². The lowest BCUT2D eigenvalue weighted by Crippen LogP contribution is -1.93. The van der Waals surface area contributed by atoms with Crippen molar-refractivity contribution in [3.05, 3.63) is 44.5 Å². The summed E-state index contributed by atoms with van der Waals surface area (Å²) in [6.07, 6.45) is 0. The van der Waals surface area contributed by atoms with Gasteiger partial charge in [-0.05, 0) is 47.1 Å². The normalized spacial score (nSPS) is 10.5. The van der Waals surface area contributed by atoms with Crippen LogP contribution in [0.2, 0.25) is 0 Å². The summed E-state index contributed by atoms with van der Waals surface area (Å²) in [4.78, 5) is 14.7. The number of hydrogen-bond donors (Lipinski definition) is 0. The van der Waals surface area contributed by atoms with E-state index in [4.69, 9.17) is 0 Å². The molecule has 0 saturated heterocycles. The molecule has 1 aromatic carbocycles. The van der Waals surface area contributed by atoms with Crippen LogP contribution in [-0.2, 0) is 0 Å². The smallest absolute Gasteiger partial charge is 0.258 e. The zero-order chi connectivity index (χ0) is 11.0. The molecule has 4 nitrogen and oxygen atoms in total. The first-order valence-electron chi connectivity index (χ1n) is 4.30. The zero-order valence-corrected chi connectivity index (χ0v) is 9.48. The number of nitro benzene ring substituents is 1. The van der Waals surface area contributed by atoms with E-state index in [9.17, 15) is 10.1 Å². The summed E-state index contributed by atoms with van der Waals surface area (Å²) in [6.45, 7) is 1.85. The Morgan fingerprint density at radius 1 is 1.33 bits per heavy atom. The van der Waals surface area contributed by atoms with Crippen LogP contribution in [0, 0.1) is 17.0 Å². The van der Waals surface area contributed by atoms with Crippen LogP contribution in [0.1, 0.15) is 5.69 Å². The van der Waals surface area contributed by atoms with E-state index >= 15 is 0 Å². The Labute approximate surface area is 94.2 Å². The Bertz CT molecular complexity index is 554. The van der Waals surface area contributed by atoms with E-state index in [1.807, 2.05) is 6.92 Å². The monoisotopic (exact) mass is 266 g/mol. The van der Waals surface area contributed by atoms with E-state index in [1.54, 1.807) is 24.3 Å². The maximum absolute atomic E-state index is 10.9. The molecule has 15 heavy (non-hydrogen) atoms. The second kappa shape index (κ2) is 3.58. The Hall–Kier alpha value is -1.49. The third-order valence-corrected chi connectivity index (χ3v) is 2.76. The van der Waals surface area contributed by atoms with Crippen molar-refractivity contribution >= 4 is 32.5 Å². The van der Waals surface area contributed by atoms with Crippen LogP contribution in [0.25, 0.3) is 10.9 Å². The molecule has 0 fully saturated rings. The summed E-state index contributed by atoms with van der Waals surface area (Å²) in [6, 6.07) is 6.90. The second-order valence-corrected chi connectivity index (χ2v) is 4.03. The lowest BCUT2D eigenvalue weighted by Gasteiger charge is -2.01. The summed E-state index contributed by atoms with van der Waals surface area (Å²) in [5.41, 5.74) is 1.56. The maximum Gasteiger partial charge on any atom is 0.292 e. The Morgan fingerprint density at radius 2 is 2.07 bits per heavy atom. The van der Waals surface area contributed by atoms with Crippen molar-refractivity contribution in [2.24, 2.45) is 0 Å². The molecule has 0 spiro atoms. The third-order valence-electron chi connectivity index (χ3n) is 2.12. The van der Waals surface area contributed by atoms with E-state index in [1.165, 1.54) is 0 Å². The van der Waals surface area contributed by atoms with Crippen LogP contribution in [0.3, 0.4) is 0 Å². The third kappa shape index (κ3) is 1.70. The number of benzene rings is 1. The molecule has 0 saturated carbocycles. The van der Waals surface area contributed by atoms with Crippen LogP contribution in [0.5, 0.6) is 0 Å². The van der Waals surface area contributed by atoms with E-state index in [0.29, 0.717) is 15.4 Å². The fourth-order valence-corrected chi connectivity index (χ4v) is 1.94. The quantitative estimate of drug-likeness (QED) is 0.588. The predicted octanol–water partition coefficient (Wildman–Crippen LogP) is 3.21. The minimum absolute atomic E-state index is 0.0694. The van der Waals surface area contributed by atoms with Gasteiger partial charge < -0.3 is 0 Å². The van der Waals surface area contributed by atoms with E-state index in [2.05, 4.69) is 20.9 Å². The zero-order valence-electron chi connectivity index (χ0n) is 7.90. The number of fused-ring (bicyclic) bond motifs is 1. The van der Waals surface area contributed by atoms with Crippen molar-refractivity contribution in [3.8, 4) is 0 Å². The van der Waals surface area contributed by atoms with Crippen LogP contribution in [0.4, 0.5) is 5.69 Å². The highest BCUT2D eigenvalue weighted by molar-refractivity contribution is 9.10. The molecule has 0 radical (unpaired) electrons. The molecule has 1 heterocycles. The van der Waals surface area contributed by atoms with Crippen molar-refractivity contribution in [2.75, 3.05) is 0 Å². The lowest BCUT2D eigenvalue weighted by molar-refractivity contribution is -0.383. The van der Waals surface area contributed by atoms with Crippen molar-refractivity contribution in [3.63, 3.8) is 0 Å². The van der Waals surface area contributed by atoms with Gasteiger partial charge in [0.15, 0.2) is 0 Å². The second-order valence-electron chi connectivity index (χ2n) is 3.17. The van der Waals surface area contributed by atoms with Gasteiger partial charge in [0.1, 0.15) is 0 Å². The number of halogens is 1. The summed E-state index contributed by atoms with van der Waals surface area (Å²) in [5.74, 6) is 0. The average Bonchev–Trinajstić information content (AvgIpc) is 2.17.